The normalized spacial score (nSPS) is 21.5. The fourth-order valence-electron chi connectivity index (χ4n) is 3.36. The quantitative estimate of drug-likeness (QED) is 0.782. The molecular formula is C19H29N3O3. The maximum atomic E-state index is 12.4. The van der Waals surface area contributed by atoms with E-state index in [2.05, 4.69) is 24.0 Å². The molecule has 0 spiro atoms. The highest BCUT2D eigenvalue weighted by Gasteiger charge is 2.28. The lowest BCUT2D eigenvalue weighted by Gasteiger charge is -2.29. The third-order valence-corrected chi connectivity index (χ3v) is 4.60. The van der Waals surface area contributed by atoms with Gasteiger partial charge >= 0.3 is 6.09 Å². The van der Waals surface area contributed by atoms with Crippen molar-refractivity contribution in [3.05, 3.63) is 23.4 Å². The van der Waals surface area contributed by atoms with Gasteiger partial charge in [0.15, 0.2) is 0 Å². The number of fused-ring (bicyclic) bond motifs is 1. The average molecular weight is 347 g/mol. The Balaban J connectivity index is 1.75. The van der Waals surface area contributed by atoms with Gasteiger partial charge in [-0.2, -0.15) is 0 Å². The van der Waals surface area contributed by atoms with Crippen molar-refractivity contribution in [3.63, 3.8) is 0 Å². The van der Waals surface area contributed by atoms with E-state index in [1.165, 1.54) is 5.56 Å². The lowest BCUT2D eigenvalue weighted by Crippen LogP contribution is -2.39. The van der Waals surface area contributed by atoms with E-state index in [1.54, 1.807) is 0 Å². The van der Waals surface area contributed by atoms with E-state index in [1.807, 2.05) is 25.7 Å². The average Bonchev–Trinajstić information content (AvgIpc) is 2.73. The van der Waals surface area contributed by atoms with Crippen molar-refractivity contribution < 1.29 is 14.3 Å². The first-order valence-corrected chi connectivity index (χ1v) is 9.14. The monoisotopic (exact) mass is 347 g/mol. The van der Waals surface area contributed by atoms with Crippen LogP contribution in [-0.4, -0.2) is 61.0 Å². The summed E-state index contributed by atoms with van der Waals surface area (Å²) in [7, 11) is 0. The molecule has 0 radical (unpaired) electrons. The molecule has 3 rings (SSSR count). The maximum Gasteiger partial charge on any atom is 0.410 e. The van der Waals surface area contributed by atoms with E-state index < -0.39 is 5.60 Å². The topological polar surface area (TPSA) is 54.9 Å². The van der Waals surface area contributed by atoms with E-state index in [0.717, 1.165) is 44.2 Å². The molecular weight excluding hydrogens is 318 g/mol. The van der Waals surface area contributed by atoms with Crippen LogP contribution in [0.4, 0.5) is 10.6 Å². The van der Waals surface area contributed by atoms with Crippen LogP contribution in [0.1, 0.15) is 44.9 Å². The molecule has 0 aliphatic carbocycles. The van der Waals surface area contributed by atoms with Gasteiger partial charge in [-0.3, -0.25) is 0 Å². The van der Waals surface area contributed by atoms with Gasteiger partial charge in [0, 0.05) is 32.1 Å². The van der Waals surface area contributed by atoms with Gasteiger partial charge in [0.1, 0.15) is 11.4 Å². The molecule has 1 amide bonds. The molecule has 0 saturated carbocycles. The van der Waals surface area contributed by atoms with E-state index in [4.69, 9.17) is 14.5 Å². The molecule has 3 heterocycles. The third-order valence-electron chi connectivity index (χ3n) is 4.60. The first-order valence-electron chi connectivity index (χ1n) is 9.14. The molecule has 2 aliphatic heterocycles. The molecule has 1 fully saturated rings. The van der Waals surface area contributed by atoms with Gasteiger partial charge in [-0.15, -0.1) is 0 Å². The predicted octanol–water partition coefficient (Wildman–Crippen LogP) is 2.81. The number of aromatic nitrogens is 1. The number of amides is 1. The number of hydrogen-bond acceptors (Lipinski definition) is 5. The number of carbonyl (C=O) groups is 1. The van der Waals surface area contributed by atoms with Crippen LogP contribution in [0.5, 0.6) is 0 Å². The second-order valence-corrected chi connectivity index (χ2v) is 7.89. The van der Waals surface area contributed by atoms with Crippen LogP contribution in [-0.2, 0) is 15.9 Å². The molecule has 0 bridgehead atoms. The number of pyridine rings is 1. The van der Waals surface area contributed by atoms with Gasteiger partial charge in [0.25, 0.3) is 0 Å². The molecule has 6 heteroatoms. The second-order valence-electron chi connectivity index (χ2n) is 7.89. The molecule has 1 atom stereocenters. The Bertz CT molecular complexity index is 621. The Morgan fingerprint density at radius 2 is 1.96 bits per heavy atom. The van der Waals surface area contributed by atoms with Crippen LogP contribution < -0.4 is 4.90 Å². The smallest absolute Gasteiger partial charge is 0.410 e. The minimum Gasteiger partial charge on any atom is -0.444 e. The number of morpholine rings is 1. The first kappa shape index (κ1) is 18.0. The van der Waals surface area contributed by atoms with Crippen molar-refractivity contribution in [3.8, 4) is 0 Å². The van der Waals surface area contributed by atoms with E-state index >= 15 is 0 Å². The molecule has 6 nitrogen and oxygen atoms in total. The SMILES string of the molecule is C[C@@H]1CN(C(=O)OC(C)(C)C)CCc2ccc(N3CCOCC3)nc21. The Morgan fingerprint density at radius 1 is 1.24 bits per heavy atom. The summed E-state index contributed by atoms with van der Waals surface area (Å²) in [6.45, 7) is 12.4. The van der Waals surface area contributed by atoms with Crippen molar-refractivity contribution in [2.24, 2.45) is 0 Å². The molecule has 138 valence electrons. The number of carbonyl (C=O) groups excluding carboxylic acids is 1. The van der Waals surface area contributed by atoms with Crippen molar-refractivity contribution in [2.75, 3.05) is 44.3 Å². The number of nitrogens with zero attached hydrogens (tertiary/aromatic N) is 3. The lowest BCUT2D eigenvalue weighted by atomic mass is 10.0. The maximum absolute atomic E-state index is 12.4. The zero-order valence-electron chi connectivity index (χ0n) is 15.7. The van der Waals surface area contributed by atoms with Crippen molar-refractivity contribution >= 4 is 11.9 Å². The molecule has 2 aliphatic rings. The summed E-state index contributed by atoms with van der Waals surface area (Å²) < 4.78 is 11.0. The summed E-state index contributed by atoms with van der Waals surface area (Å²) in [5.74, 6) is 1.20. The van der Waals surface area contributed by atoms with E-state index in [-0.39, 0.29) is 12.0 Å². The van der Waals surface area contributed by atoms with Crippen molar-refractivity contribution in [1.82, 2.24) is 9.88 Å². The molecule has 25 heavy (non-hydrogen) atoms. The van der Waals surface area contributed by atoms with Crippen LogP contribution in [0.2, 0.25) is 0 Å². The minimum absolute atomic E-state index is 0.186. The molecule has 1 saturated heterocycles. The number of hydrogen-bond donors (Lipinski definition) is 0. The van der Waals surface area contributed by atoms with Gasteiger partial charge in [-0.25, -0.2) is 9.78 Å². The van der Waals surface area contributed by atoms with Gasteiger partial charge in [-0.1, -0.05) is 13.0 Å². The summed E-state index contributed by atoms with van der Waals surface area (Å²) in [5.41, 5.74) is 1.87. The molecule has 0 N–H and O–H groups in total. The standard InChI is InChI=1S/C19H29N3O3/c1-14-13-22(18(23)25-19(2,3)4)8-7-15-5-6-16(20-17(14)15)21-9-11-24-12-10-21/h5-6,14H,7-13H2,1-4H3/t14-/m1/s1. The Labute approximate surface area is 150 Å². The van der Waals surface area contributed by atoms with Gasteiger partial charge in [-0.05, 0) is 38.8 Å². The fourth-order valence-corrected chi connectivity index (χ4v) is 3.36. The lowest BCUT2D eigenvalue weighted by molar-refractivity contribution is 0.0248. The summed E-state index contributed by atoms with van der Waals surface area (Å²) in [6.07, 6.45) is 0.579. The number of anilines is 1. The Morgan fingerprint density at radius 3 is 2.64 bits per heavy atom. The third kappa shape index (κ3) is 4.42. The highest BCUT2D eigenvalue weighted by molar-refractivity contribution is 5.68. The summed E-state index contributed by atoms with van der Waals surface area (Å²) in [5, 5.41) is 0. The highest BCUT2D eigenvalue weighted by atomic mass is 16.6. The molecule has 1 aromatic heterocycles. The summed E-state index contributed by atoms with van der Waals surface area (Å²) in [6, 6.07) is 4.27. The van der Waals surface area contributed by atoms with Crippen LogP contribution in [0.15, 0.2) is 12.1 Å². The van der Waals surface area contributed by atoms with Gasteiger partial charge < -0.3 is 19.3 Å². The summed E-state index contributed by atoms with van der Waals surface area (Å²) >= 11 is 0. The number of ether oxygens (including phenoxy) is 2. The zero-order chi connectivity index (χ0) is 18.0. The summed E-state index contributed by atoms with van der Waals surface area (Å²) in [4.78, 5) is 21.5. The van der Waals surface area contributed by atoms with Crippen LogP contribution >= 0.6 is 0 Å². The first-order chi connectivity index (χ1) is 11.8. The second kappa shape index (κ2) is 7.20. The van der Waals surface area contributed by atoms with E-state index in [9.17, 15) is 4.79 Å². The van der Waals surface area contributed by atoms with Crippen molar-refractivity contribution in [1.29, 1.82) is 0 Å². The molecule has 1 aromatic rings. The van der Waals surface area contributed by atoms with Crippen LogP contribution in [0.25, 0.3) is 0 Å². The van der Waals surface area contributed by atoms with Gasteiger partial charge in [0.2, 0.25) is 0 Å². The largest absolute Gasteiger partial charge is 0.444 e. The molecule has 0 unspecified atom stereocenters. The predicted molar refractivity (Wildman–Crippen MR) is 97.2 cm³/mol. The minimum atomic E-state index is -0.471. The Kier molecular flexibility index (Phi) is 5.18. The van der Waals surface area contributed by atoms with Crippen LogP contribution in [0, 0.1) is 0 Å². The number of rotatable bonds is 1. The highest BCUT2D eigenvalue weighted by Crippen LogP contribution is 2.27. The van der Waals surface area contributed by atoms with Crippen molar-refractivity contribution in [2.45, 2.75) is 45.6 Å². The molecule has 0 aromatic carbocycles. The Hall–Kier alpha value is -1.82. The van der Waals surface area contributed by atoms with E-state index in [0.29, 0.717) is 13.1 Å². The van der Waals surface area contributed by atoms with Crippen LogP contribution in [0.3, 0.4) is 0 Å². The fraction of sp³-hybridized carbons (Fsp3) is 0.684. The zero-order valence-corrected chi connectivity index (χ0v) is 15.7. The van der Waals surface area contributed by atoms with Gasteiger partial charge in [0.05, 0.1) is 18.9 Å².